The fourth-order valence-corrected chi connectivity index (χ4v) is 4.39. The van der Waals surface area contributed by atoms with Crippen molar-refractivity contribution < 1.29 is 4.79 Å². The molecule has 3 nitrogen and oxygen atoms in total. The Morgan fingerprint density at radius 1 is 1.35 bits per heavy atom. The summed E-state index contributed by atoms with van der Waals surface area (Å²) < 4.78 is 0. The molecule has 1 atom stereocenters. The maximum atomic E-state index is 12.6. The lowest BCUT2D eigenvalue weighted by Crippen LogP contribution is -2.44. The van der Waals surface area contributed by atoms with Crippen LogP contribution in [0.15, 0.2) is 29.6 Å². The van der Waals surface area contributed by atoms with Gasteiger partial charge < -0.3 is 10.2 Å². The van der Waals surface area contributed by atoms with E-state index in [9.17, 15) is 4.79 Å². The molecule has 1 aliphatic rings. The average molecular weight is 369 g/mol. The second-order valence-electron chi connectivity index (χ2n) is 5.48. The molecule has 0 spiro atoms. The first-order chi connectivity index (χ1) is 11.1. The van der Waals surface area contributed by atoms with Crippen LogP contribution in [0, 0.1) is 0 Å². The van der Waals surface area contributed by atoms with Crippen LogP contribution in [0.4, 0.5) is 0 Å². The number of hydrogen-bond acceptors (Lipinski definition) is 3. The van der Waals surface area contributed by atoms with Gasteiger partial charge in [-0.2, -0.15) is 0 Å². The molecule has 122 valence electrons. The van der Waals surface area contributed by atoms with Gasteiger partial charge in [0.25, 0.3) is 0 Å². The lowest BCUT2D eigenvalue weighted by molar-refractivity contribution is -0.132. The molecule has 0 fully saturated rings. The molecule has 0 bridgehead atoms. The highest BCUT2D eigenvalue weighted by atomic mass is 35.5. The van der Waals surface area contributed by atoms with Crippen LogP contribution in [0.5, 0.6) is 0 Å². The zero-order valence-corrected chi connectivity index (χ0v) is 15.1. The van der Waals surface area contributed by atoms with Gasteiger partial charge in [0, 0.05) is 21.5 Å². The fourth-order valence-electron chi connectivity index (χ4n) is 2.98. The highest BCUT2D eigenvalue weighted by Gasteiger charge is 2.33. The summed E-state index contributed by atoms with van der Waals surface area (Å²) >= 11 is 14.2. The van der Waals surface area contributed by atoms with E-state index in [1.165, 1.54) is 10.4 Å². The minimum absolute atomic E-state index is 0.0970. The second kappa shape index (κ2) is 7.22. The molecule has 0 radical (unpaired) electrons. The molecule has 0 saturated heterocycles. The number of nitrogens with one attached hydrogen (secondary N) is 1. The van der Waals surface area contributed by atoms with Gasteiger partial charge in [0.05, 0.1) is 12.6 Å². The summed E-state index contributed by atoms with van der Waals surface area (Å²) in [4.78, 5) is 15.9. The molecule has 2 heterocycles. The van der Waals surface area contributed by atoms with Gasteiger partial charge in [-0.15, -0.1) is 11.3 Å². The molecule has 6 heteroatoms. The topological polar surface area (TPSA) is 32.3 Å². The molecule has 0 unspecified atom stereocenters. The largest absolute Gasteiger partial charge is 0.330 e. The van der Waals surface area contributed by atoms with Gasteiger partial charge in [0.2, 0.25) is 5.91 Å². The van der Waals surface area contributed by atoms with Gasteiger partial charge in [0.1, 0.15) is 0 Å². The van der Waals surface area contributed by atoms with Crippen molar-refractivity contribution in [3.05, 3.63) is 55.7 Å². The first-order valence-electron chi connectivity index (χ1n) is 7.63. The van der Waals surface area contributed by atoms with E-state index in [1.807, 2.05) is 24.0 Å². The van der Waals surface area contributed by atoms with Crippen molar-refractivity contribution in [2.24, 2.45) is 0 Å². The Hall–Kier alpha value is -1.07. The Morgan fingerprint density at radius 2 is 2.17 bits per heavy atom. The number of thiophene rings is 1. The normalized spacial score (nSPS) is 17.2. The van der Waals surface area contributed by atoms with Crippen molar-refractivity contribution in [2.75, 3.05) is 19.6 Å². The molecule has 0 saturated carbocycles. The van der Waals surface area contributed by atoms with Crippen LogP contribution in [0.25, 0.3) is 0 Å². The summed E-state index contributed by atoms with van der Waals surface area (Å²) in [5, 5.41) is 6.40. The number of amides is 1. The van der Waals surface area contributed by atoms with E-state index in [0.717, 1.165) is 18.5 Å². The van der Waals surface area contributed by atoms with Crippen LogP contribution in [0.3, 0.4) is 0 Å². The monoisotopic (exact) mass is 368 g/mol. The van der Waals surface area contributed by atoms with E-state index < -0.39 is 0 Å². The van der Waals surface area contributed by atoms with Crippen molar-refractivity contribution in [1.29, 1.82) is 0 Å². The van der Waals surface area contributed by atoms with Crippen molar-refractivity contribution in [3.8, 4) is 0 Å². The van der Waals surface area contributed by atoms with Gasteiger partial charge in [-0.3, -0.25) is 4.79 Å². The Balaban J connectivity index is 2.01. The summed E-state index contributed by atoms with van der Waals surface area (Å²) in [5.74, 6) is 0.0970. The van der Waals surface area contributed by atoms with Gasteiger partial charge >= 0.3 is 0 Å². The predicted octanol–water partition coefficient (Wildman–Crippen LogP) is 4.14. The summed E-state index contributed by atoms with van der Waals surface area (Å²) in [7, 11) is 0. The fraction of sp³-hybridized carbons (Fsp3) is 0.353. The maximum absolute atomic E-state index is 12.6. The maximum Gasteiger partial charge on any atom is 0.237 e. The minimum Gasteiger partial charge on any atom is -0.330 e. The zero-order valence-electron chi connectivity index (χ0n) is 12.8. The third-order valence-electron chi connectivity index (χ3n) is 4.07. The number of carbonyl (C=O) groups excluding carboxylic acids is 1. The van der Waals surface area contributed by atoms with E-state index >= 15 is 0 Å². The molecular weight excluding hydrogens is 351 g/mol. The van der Waals surface area contributed by atoms with Crippen LogP contribution >= 0.6 is 34.5 Å². The van der Waals surface area contributed by atoms with Crippen LogP contribution < -0.4 is 5.32 Å². The van der Waals surface area contributed by atoms with Crippen molar-refractivity contribution in [2.45, 2.75) is 19.4 Å². The number of rotatable bonds is 4. The molecule has 1 amide bonds. The molecule has 2 aromatic rings. The number of benzene rings is 1. The van der Waals surface area contributed by atoms with Crippen LogP contribution in [0.1, 0.15) is 29.0 Å². The Morgan fingerprint density at radius 3 is 2.91 bits per heavy atom. The predicted molar refractivity (Wildman–Crippen MR) is 96.6 cm³/mol. The van der Waals surface area contributed by atoms with Crippen LogP contribution in [-0.4, -0.2) is 30.4 Å². The molecule has 23 heavy (non-hydrogen) atoms. The number of hydrogen-bond donors (Lipinski definition) is 1. The summed E-state index contributed by atoms with van der Waals surface area (Å²) in [6.07, 6.45) is 0.895. The summed E-state index contributed by atoms with van der Waals surface area (Å²) in [5.41, 5.74) is 2.11. The van der Waals surface area contributed by atoms with Gasteiger partial charge in [0.15, 0.2) is 0 Å². The first-order valence-corrected chi connectivity index (χ1v) is 9.26. The number of halogens is 2. The van der Waals surface area contributed by atoms with Gasteiger partial charge in [-0.25, -0.2) is 0 Å². The second-order valence-corrected chi connectivity index (χ2v) is 7.33. The SMILES string of the molecule is CCNCC(=O)N1CCc2sccc2[C@@H]1c1ccc(Cl)cc1Cl. The minimum atomic E-state index is -0.138. The first kappa shape index (κ1) is 16.8. The molecule has 1 N–H and O–H groups in total. The number of carbonyl (C=O) groups is 1. The van der Waals surface area contributed by atoms with E-state index in [0.29, 0.717) is 23.1 Å². The summed E-state index contributed by atoms with van der Waals surface area (Å²) in [6, 6.07) is 7.46. The third-order valence-corrected chi connectivity index (χ3v) is 5.63. The van der Waals surface area contributed by atoms with Gasteiger partial charge in [-0.05, 0) is 47.7 Å². The van der Waals surface area contributed by atoms with Crippen molar-refractivity contribution >= 4 is 40.4 Å². The van der Waals surface area contributed by atoms with E-state index in [1.54, 1.807) is 17.4 Å². The number of likely N-dealkylation sites (N-methyl/N-ethyl adjacent to an activating group) is 1. The Labute approximate surface area is 150 Å². The zero-order chi connectivity index (χ0) is 16.4. The molecule has 1 aromatic carbocycles. The Kier molecular flexibility index (Phi) is 5.27. The van der Waals surface area contributed by atoms with Crippen LogP contribution in [0.2, 0.25) is 10.0 Å². The highest BCUT2D eigenvalue weighted by molar-refractivity contribution is 7.10. The lowest BCUT2D eigenvalue weighted by atomic mass is 9.93. The number of nitrogens with zero attached hydrogens (tertiary/aromatic N) is 1. The van der Waals surface area contributed by atoms with E-state index in [-0.39, 0.29) is 11.9 Å². The molecule has 1 aromatic heterocycles. The molecule has 0 aliphatic carbocycles. The third kappa shape index (κ3) is 3.41. The standard InChI is InChI=1S/C17H18Cl2N2OS/c1-2-20-10-16(22)21-7-5-15-13(6-8-23-15)17(21)12-4-3-11(18)9-14(12)19/h3-4,6,8-9,17,20H,2,5,7,10H2,1H3/t17-/m0/s1. The van der Waals surface area contributed by atoms with Crippen molar-refractivity contribution in [1.82, 2.24) is 10.2 Å². The Bertz CT molecular complexity index is 716. The molecular formula is C17H18Cl2N2OS. The summed E-state index contributed by atoms with van der Waals surface area (Å²) in [6.45, 7) is 3.82. The van der Waals surface area contributed by atoms with E-state index in [2.05, 4.69) is 16.8 Å². The quantitative estimate of drug-likeness (QED) is 0.879. The average Bonchev–Trinajstić information content (AvgIpc) is 3.00. The van der Waals surface area contributed by atoms with Crippen molar-refractivity contribution in [3.63, 3.8) is 0 Å². The van der Waals surface area contributed by atoms with Gasteiger partial charge in [-0.1, -0.05) is 36.2 Å². The lowest BCUT2D eigenvalue weighted by Gasteiger charge is -2.37. The van der Waals surface area contributed by atoms with Crippen LogP contribution in [-0.2, 0) is 11.2 Å². The van der Waals surface area contributed by atoms with E-state index in [4.69, 9.17) is 23.2 Å². The smallest absolute Gasteiger partial charge is 0.237 e. The highest BCUT2D eigenvalue weighted by Crippen LogP contribution is 2.40. The molecule has 1 aliphatic heterocycles. The molecule has 3 rings (SSSR count). The number of fused-ring (bicyclic) bond motifs is 1.